The van der Waals surface area contributed by atoms with Gasteiger partial charge in [-0.05, 0) is 61.7 Å². The number of pyridine rings is 1. The van der Waals surface area contributed by atoms with Gasteiger partial charge < -0.3 is 5.32 Å². The monoisotopic (exact) mass is 469 g/mol. The highest BCUT2D eigenvalue weighted by molar-refractivity contribution is 6.30. The second-order valence-electron chi connectivity index (χ2n) is 8.80. The summed E-state index contributed by atoms with van der Waals surface area (Å²) in [4.78, 5) is 16.4. The lowest BCUT2D eigenvalue weighted by atomic mass is 9.96. The van der Waals surface area contributed by atoms with Crippen LogP contribution in [0.4, 0.5) is 5.82 Å². The van der Waals surface area contributed by atoms with Crippen LogP contribution in [-0.2, 0) is 6.54 Å². The van der Waals surface area contributed by atoms with Gasteiger partial charge in [-0.1, -0.05) is 54.1 Å². The summed E-state index contributed by atoms with van der Waals surface area (Å²) in [5.74, 6) is 2.13. The molecular formula is C28H28ClN5. The van der Waals surface area contributed by atoms with E-state index in [2.05, 4.69) is 45.5 Å². The second-order valence-corrected chi connectivity index (χ2v) is 9.23. The van der Waals surface area contributed by atoms with Crippen LogP contribution in [0.1, 0.15) is 18.4 Å². The molecule has 172 valence electrons. The maximum Gasteiger partial charge on any atom is 0.163 e. The summed E-state index contributed by atoms with van der Waals surface area (Å²) in [6, 6.07) is 24.4. The molecule has 2 aromatic carbocycles. The van der Waals surface area contributed by atoms with Gasteiger partial charge in [-0.2, -0.15) is 0 Å². The van der Waals surface area contributed by atoms with Gasteiger partial charge in [0.25, 0.3) is 0 Å². The van der Waals surface area contributed by atoms with Crippen LogP contribution in [0, 0.1) is 5.92 Å². The minimum Gasteiger partial charge on any atom is -0.370 e. The quantitative estimate of drug-likeness (QED) is 0.350. The number of piperidine rings is 1. The Morgan fingerprint density at radius 1 is 0.882 bits per heavy atom. The molecule has 0 spiro atoms. The van der Waals surface area contributed by atoms with Crippen LogP contribution in [0.25, 0.3) is 22.6 Å². The first-order chi connectivity index (χ1) is 16.7. The Kier molecular flexibility index (Phi) is 7.13. The van der Waals surface area contributed by atoms with Crippen LogP contribution < -0.4 is 5.32 Å². The molecule has 0 radical (unpaired) electrons. The Bertz CT molecular complexity index is 1190. The summed E-state index contributed by atoms with van der Waals surface area (Å²) in [5.41, 5.74) is 4.16. The molecule has 5 nitrogen and oxygen atoms in total. The van der Waals surface area contributed by atoms with E-state index in [1.54, 1.807) is 12.4 Å². The fraction of sp³-hybridized carbons (Fsp3) is 0.250. The van der Waals surface area contributed by atoms with Crippen molar-refractivity contribution >= 4 is 17.4 Å². The minimum atomic E-state index is 0.628. The van der Waals surface area contributed by atoms with E-state index in [0.29, 0.717) is 16.8 Å². The van der Waals surface area contributed by atoms with Crippen LogP contribution >= 0.6 is 11.6 Å². The highest BCUT2D eigenvalue weighted by Gasteiger charge is 2.19. The zero-order chi connectivity index (χ0) is 23.2. The van der Waals surface area contributed by atoms with Crippen LogP contribution in [0.5, 0.6) is 0 Å². The number of nitrogens with one attached hydrogen (secondary N) is 1. The number of rotatable bonds is 7. The average Bonchev–Trinajstić information content (AvgIpc) is 2.90. The standard InChI is InChI=1S/C28H28ClN5/c29-25-10-8-23(9-11-25)26-17-27(33-28(32-26)24-7-4-14-30-19-24)31-18-21-12-15-34(16-13-21)20-22-5-2-1-3-6-22/h1-11,14,17,19,21H,12-13,15-16,18,20H2,(H,31,32,33). The van der Waals surface area contributed by atoms with Gasteiger partial charge in [0, 0.05) is 47.7 Å². The summed E-state index contributed by atoms with van der Waals surface area (Å²) in [7, 11) is 0. The number of nitrogens with zero attached hydrogens (tertiary/aromatic N) is 4. The van der Waals surface area contributed by atoms with Gasteiger partial charge in [0.1, 0.15) is 5.82 Å². The third-order valence-electron chi connectivity index (χ3n) is 6.31. The van der Waals surface area contributed by atoms with Crippen molar-refractivity contribution in [1.29, 1.82) is 0 Å². The molecule has 0 atom stereocenters. The van der Waals surface area contributed by atoms with Gasteiger partial charge >= 0.3 is 0 Å². The molecule has 34 heavy (non-hydrogen) atoms. The fourth-order valence-corrected chi connectivity index (χ4v) is 4.50. The zero-order valence-corrected chi connectivity index (χ0v) is 19.8. The Morgan fingerprint density at radius 3 is 2.41 bits per heavy atom. The summed E-state index contributed by atoms with van der Waals surface area (Å²) in [6.07, 6.45) is 5.93. The second kappa shape index (κ2) is 10.8. The lowest BCUT2D eigenvalue weighted by Gasteiger charge is -2.32. The van der Waals surface area contributed by atoms with Gasteiger partial charge in [0.05, 0.1) is 5.69 Å². The molecule has 1 saturated heterocycles. The molecule has 3 heterocycles. The Balaban J connectivity index is 1.27. The van der Waals surface area contributed by atoms with Crippen LogP contribution in [-0.4, -0.2) is 39.5 Å². The van der Waals surface area contributed by atoms with Gasteiger partial charge in [0.15, 0.2) is 5.82 Å². The Morgan fingerprint density at radius 2 is 1.68 bits per heavy atom. The van der Waals surface area contributed by atoms with Crippen molar-refractivity contribution in [2.75, 3.05) is 25.0 Å². The van der Waals surface area contributed by atoms with Crippen LogP contribution in [0.15, 0.2) is 85.2 Å². The van der Waals surface area contributed by atoms with Crippen molar-refractivity contribution in [3.63, 3.8) is 0 Å². The topological polar surface area (TPSA) is 53.9 Å². The van der Waals surface area contributed by atoms with Gasteiger partial charge in [-0.25, -0.2) is 9.97 Å². The SMILES string of the molecule is Clc1ccc(-c2cc(NCC3CCN(Cc4ccccc4)CC3)nc(-c3cccnc3)n2)cc1. The number of likely N-dealkylation sites (tertiary alicyclic amines) is 1. The van der Waals surface area contributed by atoms with Gasteiger partial charge in [-0.15, -0.1) is 0 Å². The molecule has 0 amide bonds. The molecule has 0 aliphatic carbocycles. The maximum absolute atomic E-state index is 6.09. The summed E-state index contributed by atoms with van der Waals surface area (Å²) < 4.78 is 0. The largest absolute Gasteiger partial charge is 0.370 e. The summed E-state index contributed by atoms with van der Waals surface area (Å²) >= 11 is 6.09. The van der Waals surface area contributed by atoms with Crippen LogP contribution in [0.3, 0.4) is 0 Å². The average molecular weight is 470 g/mol. The summed E-state index contributed by atoms with van der Waals surface area (Å²) in [6.45, 7) is 4.19. The highest BCUT2D eigenvalue weighted by atomic mass is 35.5. The Hall–Kier alpha value is -3.28. The summed E-state index contributed by atoms with van der Waals surface area (Å²) in [5, 5.41) is 4.30. The van der Waals surface area contributed by atoms with E-state index in [4.69, 9.17) is 21.6 Å². The first-order valence-corrected chi connectivity index (χ1v) is 12.2. The van der Waals surface area contributed by atoms with E-state index in [1.807, 2.05) is 42.5 Å². The molecule has 0 unspecified atom stereocenters. The number of hydrogen-bond acceptors (Lipinski definition) is 5. The number of anilines is 1. The lowest BCUT2D eigenvalue weighted by Crippen LogP contribution is -2.35. The van der Waals surface area contributed by atoms with E-state index >= 15 is 0 Å². The van der Waals surface area contributed by atoms with E-state index in [9.17, 15) is 0 Å². The number of hydrogen-bond donors (Lipinski definition) is 1. The van der Waals surface area contributed by atoms with Crippen molar-refractivity contribution in [3.05, 3.63) is 95.8 Å². The third-order valence-corrected chi connectivity index (χ3v) is 6.57. The molecule has 5 rings (SSSR count). The van der Waals surface area contributed by atoms with Crippen molar-refractivity contribution in [3.8, 4) is 22.6 Å². The smallest absolute Gasteiger partial charge is 0.163 e. The predicted octanol–water partition coefficient (Wildman–Crippen LogP) is 6.18. The molecule has 0 saturated carbocycles. The predicted molar refractivity (Wildman–Crippen MR) is 139 cm³/mol. The lowest BCUT2D eigenvalue weighted by molar-refractivity contribution is 0.182. The molecule has 1 aliphatic rings. The molecule has 4 aromatic rings. The van der Waals surface area contributed by atoms with Gasteiger partial charge in [-0.3, -0.25) is 9.88 Å². The molecule has 1 aliphatic heterocycles. The van der Waals surface area contributed by atoms with Gasteiger partial charge in [0.2, 0.25) is 0 Å². The van der Waals surface area contributed by atoms with E-state index in [0.717, 1.165) is 48.8 Å². The fourth-order valence-electron chi connectivity index (χ4n) is 4.37. The molecule has 1 N–H and O–H groups in total. The van der Waals surface area contributed by atoms with Crippen molar-refractivity contribution < 1.29 is 0 Å². The first kappa shape index (κ1) is 22.5. The number of halogens is 1. The normalized spacial score (nSPS) is 14.7. The van der Waals surface area contributed by atoms with Crippen molar-refractivity contribution in [1.82, 2.24) is 19.9 Å². The number of benzene rings is 2. The number of aromatic nitrogens is 3. The van der Waals surface area contributed by atoms with Crippen molar-refractivity contribution in [2.24, 2.45) is 5.92 Å². The molecule has 1 fully saturated rings. The molecule has 6 heteroatoms. The maximum atomic E-state index is 6.09. The third kappa shape index (κ3) is 5.79. The minimum absolute atomic E-state index is 0.628. The molecule has 0 bridgehead atoms. The molecule has 2 aromatic heterocycles. The first-order valence-electron chi connectivity index (χ1n) is 11.8. The van der Waals surface area contributed by atoms with Crippen molar-refractivity contribution in [2.45, 2.75) is 19.4 Å². The zero-order valence-electron chi connectivity index (χ0n) is 19.1. The molecular weight excluding hydrogens is 442 g/mol. The van der Waals surface area contributed by atoms with Crippen LogP contribution in [0.2, 0.25) is 5.02 Å². The highest BCUT2D eigenvalue weighted by Crippen LogP contribution is 2.26. The van der Waals surface area contributed by atoms with E-state index in [-0.39, 0.29) is 0 Å². The Labute approximate surface area is 205 Å². The van der Waals surface area contributed by atoms with E-state index < -0.39 is 0 Å². The van der Waals surface area contributed by atoms with E-state index in [1.165, 1.54) is 18.4 Å².